The van der Waals surface area contributed by atoms with Crippen LogP contribution < -0.4 is 0 Å². The first-order chi connectivity index (χ1) is 12.2. The van der Waals surface area contributed by atoms with Crippen LogP contribution in [-0.4, -0.2) is 23.2 Å². The Hall–Kier alpha value is -1.78. The third-order valence-corrected chi connectivity index (χ3v) is 4.64. The maximum atomic E-state index is 12.4. The molecule has 0 bridgehead atoms. The second-order valence-electron chi connectivity index (χ2n) is 7.02. The number of Topliss-reactive ketones (excluding diaryl/α,β-unsaturated/α-hetero) is 1. The lowest BCUT2D eigenvalue weighted by molar-refractivity contribution is -0.118. The third-order valence-electron chi connectivity index (χ3n) is 4.08. The van der Waals surface area contributed by atoms with Gasteiger partial charge in [0.05, 0.1) is 11.3 Å². The molecule has 1 aromatic carbocycles. The molecule has 0 amide bonds. The van der Waals surface area contributed by atoms with Crippen LogP contribution in [0.15, 0.2) is 40.8 Å². The standard InChI is InChI=1S/C20H23Cl2NO3/c1-4-16(19-17(24)11-20(2,3)12-18(19)25)23-26-9-5-6-13-7-8-14(21)10-15(13)22/h5-8,10,24H,4,9,11-12H2,1-3H3. The summed E-state index contributed by atoms with van der Waals surface area (Å²) >= 11 is 12.0. The van der Waals surface area contributed by atoms with Gasteiger partial charge in [0.1, 0.15) is 12.4 Å². The van der Waals surface area contributed by atoms with Gasteiger partial charge in [-0.3, -0.25) is 4.79 Å². The molecule has 0 fully saturated rings. The Bertz CT molecular complexity index is 779. The Morgan fingerprint density at radius 2 is 2.08 bits per heavy atom. The van der Waals surface area contributed by atoms with E-state index < -0.39 is 0 Å². The van der Waals surface area contributed by atoms with Crippen molar-refractivity contribution in [2.45, 2.75) is 40.0 Å². The molecule has 0 heterocycles. The average molecular weight is 396 g/mol. The number of carbonyl (C=O) groups excluding carboxylic acids is 1. The molecule has 140 valence electrons. The molecule has 1 aromatic rings. The summed E-state index contributed by atoms with van der Waals surface area (Å²) in [5.41, 5.74) is 1.37. The van der Waals surface area contributed by atoms with Crippen molar-refractivity contribution in [3.8, 4) is 0 Å². The number of nitrogens with zero attached hydrogens (tertiary/aromatic N) is 1. The molecular formula is C20H23Cl2NO3. The van der Waals surface area contributed by atoms with Gasteiger partial charge in [-0.1, -0.05) is 61.3 Å². The van der Waals surface area contributed by atoms with E-state index in [2.05, 4.69) is 5.16 Å². The monoisotopic (exact) mass is 395 g/mol. The van der Waals surface area contributed by atoms with Crippen LogP contribution in [0, 0.1) is 5.41 Å². The highest BCUT2D eigenvalue weighted by molar-refractivity contribution is 6.35. The van der Waals surface area contributed by atoms with Crippen LogP contribution in [0.3, 0.4) is 0 Å². The molecule has 0 aliphatic heterocycles. The normalized spacial score (nSPS) is 17.9. The van der Waals surface area contributed by atoms with Crippen molar-refractivity contribution in [2.75, 3.05) is 6.61 Å². The fourth-order valence-corrected chi connectivity index (χ4v) is 3.34. The minimum atomic E-state index is -0.231. The lowest BCUT2D eigenvalue weighted by Gasteiger charge is -2.29. The number of benzene rings is 1. The number of hydrogen-bond acceptors (Lipinski definition) is 4. The van der Waals surface area contributed by atoms with Crippen molar-refractivity contribution in [3.05, 3.63) is 51.2 Å². The van der Waals surface area contributed by atoms with Gasteiger partial charge in [-0.15, -0.1) is 0 Å². The summed E-state index contributed by atoms with van der Waals surface area (Å²) in [6, 6.07) is 5.24. The summed E-state index contributed by atoms with van der Waals surface area (Å²) in [5, 5.41) is 15.4. The number of rotatable bonds is 6. The molecule has 4 nitrogen and oxygen atoms in total. The van der Waals surface area contributed by atoms with E-state index in [0.29, 0.717) is 40.6 Å². The molecule has 0 spiro atoms. The number of oxime groups is 1. The van der Waals surface area contributed by atoms with Gasteiger partial charge in [0, 0.05) is 22.9 Å². The summed E-state index contributed by atoms with van der Waals surface area (Å²) in [7, 11) is 0. The summed E-state index contributed by atoms with van der Waals surface area (Å²) in [6.07, 6.45) is 4.93. The van der Waals surface area contributed by atoms with Crippen molar-refractivity contribution in [1.82, 2.24) is 0 Å². The van der Waals surface area contributed by atoms with Gasteiger partial charge < -0.3 is 9.94 Å². The van der Waals surface area contributed by atoms with E-state index in [-0.39, 0.29) is 23.6 Å². The Morgan fingerprint density at radius 3 is 2.69 bits per heavy atom. The van der Waals surface area contributed by atoms with Gasteiger partial charge in [-0.05, 0) is 35.6 Å². The summed E-state index contributed by atoms with van der Waals surface area (Å²) < 4.78 is 0. The zero-order valence-corrected chi connectivity index (χ0v) is 16.7. The topological polar surface area (TPSA) is 58.9 Å². The molecule has 0 saturated heterocycles. The Morgan fingerprint density at radius 1 is 1.35 bits per heavy atom. The first-order valence-electron chi connectivity index (χ1n) is 8.49. The van der Waals surface area contributed by atoms with Crippen LogP contribution in [-0.2, 0) is 9.63 Å². The van der Waals surface area contributed by atoms with E-state index >= 15 is 0 Å². The van der Waals surface area contributed by atoms with Crippen molar-refractivity contribution in [2.24, 2.45) is 10.6 Å². The fraction of sp³-hybridized carbons (Fsp3) is 0.400. The minimum Gasteiger partial charge on any atom is -0.511 e. The molecular weight excluding hydrogens is 373 g/mol. The van der Waals surface area contributed by atoms with Crippen LogP contribution in [0.5, 0.6) is 0 Å². The lowest BCUT2D eigenvalue weighted by atomic mass is 9.75. The molecule has 1 aliphatic rings. The van der Waals surface area contributed by atoms with Gasteiger partial charge in [0.15, 0.2) is 5.78 Å². The molecule has 0 unspecified atom stereocenters. The molecule has 0 saturated carbocycles. The van der Waals surface area contributed by atoms with Crippen LogP contribution in [0.25, 0.3) is 6.08 Å². The number of allylic oxidation sites excluding steroid dienone is 2. The fourth-order valence-electron chi connectivity index (χ4n) is 2.87. The van der Waals surface area contributed by atoms with E-state index in [1.807, 2.05) is 32.9 Å². The Labute approximate surface area is 164 Å². The van der Waals surface area contributed by atoms with Gasteiger partial charge in [0.2, 0.25) is 0 Å². The maximum Gasteiger partial charge on any atom is 0.168 e. The molecule has 0 atom stereocenters. The van der Waals surface area contributed by atoms with E-state index in [4.69, 9.17) is 28.0 Å². The summed E-state index contributed by atoms with van der Waals surface area (Å²) in [5.74, 6) is 0.00498. The van der Waals surface area contributed by atoms with Crippen molar-refractivity contribution in [3.63, 3.8) is 0 Å². The van der Waals surface area contributed by atoms with Gasteiger partial charge >= 0.3 is 0 Å². The highest BCUT2D eigenvalue weighted by Gasteiger charge is 2.34. The molecule has 1 aliphatic carbocycles. The predicted octanol–water partition coefficient (Wildman–Crippen LogP) is 5.99. The van der Waals surface area contributed by atoms with Crippen LogP contribution in [0.1, 0.15) is 45.6 Å². The molecule has 1 N–H and O–H groups in total. The van der Waals surface area contributed by atoms with Crippen LogP contribution in [0.2, 0.25) is 10.0 Å². The number of hydrogen-bond donors (Lipinski definition) is 1. The van der Waals surface area contributed by atoms with E-state index in [0.717, 1.165) is 5.56 Å². The first-order valence-corrected chi connectivity index (χ1v) is 9.25. The third kappa shape index (κ3) is 5.36. The highest BCUT2D eigenvalue weighted by atomic mass is 35.5. The molecule has 26 heavy (non-hydrogen) atoms. The highest BCUT2D eigenvalue weighted by Crippen LogP contribution is 2.36. The molecule has 0 radical (unpaired) electrons. The Kier molecular flexibility index (Phi) is 6.90. The minimum absolute atomic E-state index is 0.0913. The smallest absolute Gasteiger partial charge is 0.168 e. The number of ketones is 1. The Balaban J connectivity index is 2.04. The largest absolute Gasteiger partial charge is 0.511 e. The SMILES string of the molecule is CCC(=NOCC=Cc1ccc(Cl)cc1Cl)C1=C(O)CC(C)(C)CC1=O. The quantitative estimate of drug-likeness (QED) is 0.365. The molecule has 2 rings (SSSR count). The number of aliphatic hydroxyl groups is 1. The van der Waals surface area contributed by atoms with Gasteiger partial charge in [-0.25, -0.2) is 0 Å². The van der Waals surface area contributed by atoms with Crippen LogP contribution >= 0.6 is 23.2 Å². The van der Waals surface area contributed by atoms with E-state index in [1.165, 1.54) is 0 Å². The van der Waals surface area contributed by atoms with Gasteiger partial charge in [-0.2, -0.15) is 0 Å². The van der Waals surface area contributed by atoms with Crippen molar-refractivity contribution < 1.29 is 14.7 Å². The van der Waals surface area contributed by atoms with Crippen molar-refractivity contribution >= 4 is 40.8 Å². The zero-order chi connectivity index (χ0) is 19.3. The van der Waals surface area contributed by atoms with E-state index in [9.17, 15) is 9.90 Å². The number of aliphatic hydroxyl groups excluding tert-OH is 1. The molecule has 0 aromatic heterocycles. The van der Waals surface area contributed by atoms with Crippen molar-refractivity contribution in [1.29, 1.82) is 0 Å². The second-order valence-corrected chi connectivity index (χ2v) is 7.86. The predicted molar refractivity (Wildman–Crippen MR) is 107 cm³/mol. The average Bonchev–Trinajstić information content (AvgIpc) is 2.52. The van der Waals surface area contributed by atoms with E-state index in [1.54, 1.807) is 18.2 Å². The summed E-state index contributed by atoms with van der Waals surface area (Å²) in [6.45, 7) is 6.02. The van der Waals surface area contributed by atoms with Gasteiger partial charge in [0.25, 0.3) is 0 Å². The zero-order valence-electron chi connectivity index (χ0n) is 15.2. The first kappa shape index (κ1) is 20.5. The number of halogens is 2. The number of carbonyl (C=O) groups is 1. The van der Waals surface area contributed by atoms with Crippen LogP contribution in [0.4, 0.5) is 0 Å². The molecule has 6 heteroatoms. The second kappa shape index (κ2) is 8.74. The maximum absolute atomic E-state index is 12.4. The summed E-state index contributed by atoms with van der Waals surface area (Å²) in [4.78, 5) is 17.7. The lowest BCUT2D eigenvalue weighted by Crippen LogP contribution is -2.29.